The van der Waals surface area contributed by atoms with Gasteiger partial charge in [0, 0.05) is 22.9 Å². The molecule has 1 N–H and O–H groups in total. The molecule has 1 aliphatic heterocycles. The van der Waals surface area contributed by atoms with Crippen LogP contribution >= 0.6 is 28.7 Å². The monoisotopic (exact) mass is 345 g/mol. The molecule has 3 aliphatic rings. The van der Waals surface area contributed by atoms with E-state index in [1.807, 2.05) is 0 Å². The van der Waals surface area contributed by atoms with E-state index in [4.69, 9.17) is 0 Å². The molecule has 2 aliphatic carbocycles. The molecule has 0 bridgehead atoms. The molecule has 0 aromatic carbocycles. The molecule has 0 spiro atoms. The number of allylic oxidation sites excluding steroid dienone is 1. The van der Waals surface area contributed by atoms with Crippen LogP contribution in [-0.4, -0.2) is 11.3 Å². The minimum absolute atomic E-state index is 0. The summed E-state index contributed by atoms with van der Waals surface area (Å²) in [6.07, 6.45) is 9.93. The lowest BCUT2D eigenvalue weighted by Crippen LogP contribution is -2.44. The molecule has 3 heteroatoms. The highest BCUT2D eigenvalue weighted by atomic mass is 79.9. The van der Waals surface area contributed by atoms with Crippen LogP contribution in [0.25, 0.3) is 0 Å². The van der Waals surface area contributed by atoms with E-state index in [1.165, 1.54) is 44.9 Å². The molecule has 0 aromatic heterocycles. The molecule has 0 amide bonds. The first-order chi connectivity index (χ1) is 8.74. The zero-order valence-electron chi connectivity index (χ0n) is 12.2. The highest BCUT2D eigenvalue weighted by molar-refractivity contribution is 8.93. The van der Waals surface area contributed by atoms with E-state index in [2.05, 4.69) is 36.3 Å². The third-order valence-corrected chi connectivity index (χ3v) is 6.56. The van der Waals surface area contributed by atoms with Crippen LogP contribution < -0.4 is 5.32 Å². The van der Waals surface area contributed by atoms with Crippen molar-refractivity contribution in [3.05, 3.63) is 11.1 Å². The van der Waals surface area contributed by atoms with Gasteiger partial charge in [-0.1, -0.05) is 33.1 Å². The summed E-state index contributed by atoms with van der Waals surface area (Å²) in [5.41, 5.74) is 1.59. The number of fused-ring (bicyclic) bond motifs is 1. The Morgan fingerprint density at radius 3 is 2.68 bits per heavy atom. The Bertz CT molecular complexity index is 331. The second-order valence-corrected chi connectivity index (χ2v) is 7.90. The lowest BCUT2D eigenvalue weighted by Gasteiger charge is -2.41. The van der Waals surface area contributed by atoms with Crippen molar-refractivity contribution in [3.8, 4) is 0 Å². The van der Waals surface area contributed by atoms with Gasteiger partial charge in [-0.25, -0.2) is 0 Å². The molecule has 2 fully saturated rings. The van der Waals surface area contributed by atoms with Gasteiger partial charge in [0.25, 0.3) is 0 Å². The van der Waals surface area contributed by atoms with Crippen LogP contribution in [0.1, 0.15) is 58.8 Å². The Labute approximate surface area is 133 Å². The van der Waals surface area contributed by atoms with Crippen molar-refractivity contribution >= 4 is 28.7 Å². The molecule has 2 saturated carbocycles. The average molecular weight is 346 g/mol. The maximum Gasteiger partial charge on any atom is 0.0380 e. The topological polar surface area (TPSA) is 12.0 Å². The van der Waals surface area contributed by atoms with E-state index in [9.17, 15) is 0 Å². The normalized spacial score (nSPS) is 42.4. The SMILES string of the molecule is Br.CC1CCC(C2=CSC3CCCCC3N2)C(C)C1. The summed E-state index contributed by atoms with van der Waals surface area (Å²) < 4.78 is 0. The number of nitrogens with one attached hydrogen (secondary N) is 1. The molecule has 0 aromatic rings. The lowest BCUT2D eigenvalue weighted by molar-refractivity contribution is 0.219. The zero-order valence-corrected chi connectivity index (χ0v) is 14.8. The van der Waals surface area contributed by atoms with Crippen molar-refractivity contribution in [2.24, 2.45) is 17.8 Å². The number of thioether (sulfide) groups is 1. The summed E-state index contributed by atoms with van der Waals surface area (Å²) in [4.78, 5) is 0. The molecule has 1 heterocycles. The number of rotatable bonds is 1. The van der Waals surface area contributed by atoms with E-state index in [1.54, 1.807) is 5.70 Å². The predicted octanol–water partition coefficient (Wildman–Crippen LogP) is 5.13. The van der Waals surface area contributed by atoms with Crippen molar-refractivity contribution in [1.29, 1.82) is 0 Å². The van der Waals surface area contributed by atoms with E-state index in [0.29, 0.717) is 0 Å². The van der Waals surface area contributed by atoms with E-state index < -0.39 is 0 Å². The van der Waals surface area contributed by atoms with E-state index in [-0.39, 0.29) is 17.0 Å². The molecule has 3 rings (SSSR count). The fourth-order valence-electron chi connectivity index (χ4n) is 4.16. The van der Waals surface area contributed by atoms with Gasteiger partial charge in [-0.05, 0) is 42.9 Å². The molecule has 5 atom stereocenters. The number of halogens is 1. The second kappa shape index (κ2) is 6.89. The van der Waals surface area contributed by atoms with Gasteiger partial charge in [0.15, 0.2) is 0 Å². The van der Waals surface area contributed by atoms with Gasteiger partial charge < -0.3 is 5.32 Å². The van der Waals surface area contributed by atoms with Crippen molar-refractivity contribution in [1.82, 2.24) is 5.32 Å². The molecule has 0 saturated heterocycles. The van der Waals surface area contributed by atoms with Gasteiger partial charge in [-0.3, -0.25) is 0 Å². The standard InChI is InChI=1S/C16H27NS.BrH/c1-11-7-8-13(12(2)9-11)15-10-18-16-6-4-3-5-14(16)17-15;/h10-14,16-17H,3-9H2,1-2H3;1H. The van der Waals surface area contributed by atoms with Gasteiger partial charge >= 0.3 is 0 Å². The Kier molecular flexibility index (Phi) is 5.71. The largest absolute Gasteiger partial charge is 0.384 e. The van der Waals surface area contributed by atoms with E-state index in [0.717, 1.165) is 29.0 Å². The van der Waals surface area contributed by atoms with Crippen molar-refractivity contribution in [2.45, 2.75) is 70.1 Å². The highest BCUT2D eigenvalue weighted by Crippen LogP contribution is 2.41. The fraction of sp³-hybridized carbons (Fsp3) is 0.875. The van der Waals surface area contributed by atoms with Gasteiger partial charge in [0.1, 0.15) is 0 Å². The summed E-state index contributed by atoms with van der Waals surface area (Å²) in [7, 11) is 0. The Hall–Kier alpha value is 0.370. The smallest absolute Gasteiger partial charge is 0.0380 e. The third-order valence-electron chi connectivity index (χ3n) is 5.26. The Morgan fingerprint density at radius 2 is 1.89 bits per heavy atom. The molecule has 110 valence electrons. The maximum absolute atomic E-state index is 3.91. The minimum Gasteiger partial charge on any atom is -0.384 e. The van der Waals surface area contributed by atoms with Crippen molar-refractivity contribution in [2.75, 3.05) is 0 Å². The predicted molar refractivity (Wildman–Crippen MR) is 90.8 cm³/mol. The molecule has 19 heavy (non-hydrogen) atoms. The second-order valence-electron chi connectivity index (χ2n) is 6.79. The third kappa shape index (κ3) is 3.53. The van der Waals surface area contributed by atoms with E-state index >= 15 is 0 Å². The Morgan fingerprint density at radius 1 is 1.11 bits per heavy atom. The first-order valence-electron chi connectivity index (χ1n) is 7.86. The number of hydrogen-bond acceptors (Lipinski definition) is 2. The van der Waals surface area contributed by atoms with Gasteiger partial charge in [-0.2, -0.15) is 0 Å². The van der Waals surface area contributed by atoms with Crippen molar-refractivity contribution < 1.29 is 0 Å². The first kappa shape index (κ1) is 15.8. The zero-order chi connectivity index (χ0) is 12.5. The van der Waals surface area contributed by atoms with Crippen LogP contribution in [0.2, 0.25) is 0 Å². The minimum atomic E-state index is 0. The summed E-state index contributed by atoms with van der Waals surface area (Å²) >= 11 is 2.13. The van der Waals surface area contributed by atoms with Gasteiger partial charge in [0.2, 0.25) is 0 Å². The van der Waals surface area contributed by atoms with Crippen LogP contribution in [-0.2, 0) is 0 Å². The van der Waals surface area contributed by atoms with Crippen LogP contribution in [0.15, 0.2) is 11.1 Å². The fourth-order valence-corrected chi connectivity index (χ4v) is 5.42. The van der Waals surface area contributed by atoms with Gasteiger partial charge in [-0.15, -0.1) is 28.7 Å². The highest BCUT2D eigenvalue weighted by Gasteiger charge is 2.34. The first-order valence-corrected chi connectivity index (χ1v) is 8.80. The Balaban J connectivity index is 0.00000133. The summed E-state index contributed by atoms with van der Waals surface area (Å²) in [6.45, 7) is 4.88. The van der Waals surface area contributed by atoms with Crippen LogP contribution in [0, 0.1) is 17.8 Å². The van der Waals surface area contributed by atoms with Crippen molar-refractivity contribution in [3.63, 3.8) is 0 Å². The maximum atomic E-state index is 3.91. The molecular weight excluding hydrogens is 318 g/mol. The quantitative estimate of drug-likeness (QED) is 0.707. The average Bonchev–Trinajstić information content (AvgIpc) is 2.38. The van der Waals surface area contributed by atoms with Crippen LogP contribution in [0.5, 0.6) is 0 Å². The number of hydrogen-bond donors (Lipinski definition) is 1. The lowest BCUT2D eigenvalue weighted by atomic mass is 9.74. The molecule has 1 nitrogen and oxygen atoms in total. The molecular formula is C16H28BrNS. The van der Waals surface area contributed by atoms with Crippen LogP contribution in [0.4, 0.5) is 0 Å². The summed E-state index contributed by atoms with van der Waals surface area (Å²) in [5, 5.41) is 7.25. The molecule has 0 radical (unpaired) electrons. The van der Waals surface area contributed by atoms with Crippen LogP contribution in [0.3, 0.4) is 0 Å². The summed E-state index contributed by atoms with van der Waals surface area (Å²) in [6, 6.07) is 0.773. The summed E-state index contributed by atoms with van der Waals surface area (Å²) in [5.74, 6) is 2.63. The van der Waals surface area contributed by atoms with Gasteiger partial charge in [0.05, 0.1) is 0 Å². The molecule has 5 unspecified atom stereocenters.